The number of Topliss-reactive ketones (excluding diaryl/α,β-unsaturated/α-hetero) is 4. The van der Waals surface area contributed by atoms with E-state index in [-0.39, 0.29) is 71.7 Å². The van der Waals surface area contributed by atoms with Gasteiger partial charge < -0.3 is 28.4 Å². The lowest BCUT2D eigenvalue weighted by Gasteiger charge is -2.48. The molecule has 248 valence electrons. The number of ketones is 4. The van der Waals surface area contributed by atoms with E-state index in [0.29, 0.717) is 12.8 Å². The summed E-state index contributed by atoms with van der Waals surface area (Å²) in [4.78, 5) is 82.1. The van der Waals surface area contributed by atoms with E-state index in [1.807, 2.05) is 13.8 Å². The van der Waals surface area contributed by atoms with Crippen molar-refractivity contribution in [1.29, 1.82) is 0 Å². The van der Waals surface area contributed by atoms with Crippen molar-refractivity contribution in [3.05, 3.63) is 33.4 Å². The highest BCUT2D eigenvalue weighted by atomic mass is 16.7. The molecule has 6 rings (SSSR count). The second-order valence-corrected chi connectivity index (χ2v) is 13.6. The third-order valence-corrected chi connectivity index (χ3v) is 10.0. The highest BCUT2D eigenvalue weighted by molar-refractivity contribution is 6.34. The number of ether oxygens (including phenoxy) is 6. The maximum absolute atomic E-state index is 14.7. The van der Waals surface area contributed by atoms with Crippen molar-refractivity contribution in [2.75, 3.05) is 13.2 Å². The minimum Gasteiger partial charge on any atom is -0.443 e. The fourth-order valence-corrected chi connectivity index (χ4v) is 7.90. The maximum Gasteiger partial charge on any atom is 0.304 e. The van der Waals surface area contributed by atoms with Crippen molar-refractivity contribution in [3.63, 3.8) is 0 Å². The van der Waals surface area contributed by atoms with Gasteiger partial charge in [0.2, 0.25) is 34.3 Å². The molecule has 0 aromatic heterocycles. The summed E-state index contributed by atoms with van der Waals surface area (Å²) in [6.07, 6.45) is 3.69. The summed E-state index contributed by atoms with van der Waals surface area (Å²) < 4.78 is 35.8. The molecule has 0 aromatic carbocycles. The summed E-state index contributed by atoms with van der Waals surface area (Å²) in [6.45, 7) is 7.87. The molecule has 2 spiro atoms. The molecule has 0 amide bonds. The summed E-state index contributed by atoms with van der Waals surface area (Å²) in [5, 5.41) is 0. The van der Waals surface area contributed by atoms with Crippen molar-refractivity contribution in [3.8, 4) is 0 Å². The average molecular weight is 641 g/mol. The van der Waals surface area contributed by atoms with Crippen molar-refractivity contribution >= 4 is 35.1 Å². The van der Waals surface area contributed by atoms with Crippen LogP contribution in [0.15, 0.2) is 33.4 Å². The van der Waals surface area contributed by atoms with E-state index in [2.05, 4.69) is 0 Å². The van der Waals surface area contributed by atoms with Gasteiger partial charge in [-0.25, -0.2) is 0 Å². The molecule has 12 heteroatoms. The van der Waals surface area contributed by atoms with Crippen LogP contribution in [0, 0.1) is 0 Å². The Balaban J connectivity index is 1.64. The van der Waals surface area contributed by atoms with Gasteiger partial charge in [0.05, 0.1) is 25.4 Å². The first-order valence-electron chi connectivity index (χ1n) is 16.0. The van der Waals surface area contributed by atoms with Crippen LogP contribution in [0.4, 0.5) is 0 Å². The standard InChI is InChI=1S/C34H40O12/c1-17-9-7-11-33(43-17)13-21-23(15-41-33)27(37)31(5,45-19(3)35)29(39)25(21)26-22-14-34(12-8-10-18(2)44-34)42-16-24(22)28(38)32(6,30(26)40)46-20(4)36/h17-18H,7-16H2,1-6H3. The average Bonchev–Trinajstić information content (AvgIpc) is 2.96. The molecule has 6 atom stereocenters. The van der Waals surface area contributed by atoms with Gasteiger partial charge in [0.25, 0.3) is 0 Å². The monoisotopic (exact) mass is 640 g/mol. The molecular formula is C34H40O12. The molecule has 0 aromatic rings. The van der Waals surface area contributed by atoms with Crippen LogP contribution < -0.4 is 0 Å². The molecule has 2 aliphatic carbocycles. The van der Waals surface area contributed by atoms with Gasteiger partial charge in [-0.15, -0.1) is 0 Å². The largest absolute Gasteiger partial charge is 0.443 e. The molecule has 4 aliphatic heterocycles. The predicted molar refractivity (Wildman–Crippen MR) is 157 cm³/mol. The second kappa shape index (κ2) is 11.1. The fraction of sp³-hybridized carbons (Fsp3) is 0.647. The highest BCUT2D eigenvalue weighted by Crippen LogP contribution is 2.52. The normalized spacial score (nSPS) is 39.9. The van der Waals surface area contributed by atoms with Crippen LogP contribution in [-0.2, 0) is 57.2 Å². The molecule has 0 N–H and O–H groups in total. The molecular weight excluding hydrogens is 600 g/mol. The van der Waals surface area contributed by atoms with Crippen molar-refractivity contribution in [2.24, 2.45) is 0 Å². The third-order valence-electron chi connectivity index (χ3n) is 10.0. The summed E-state index contributed by atoms with van der Waals surface area (Å²) in [5.74, 6) is -7.42. The van der Waals surface area contributed by atoms with E-state index in [0.717, 1.165) is 39.5 Å². The van der Waals surface area contributed by atoms with Gasteiger partial charge in [0.15, 0.2) is 11.6 Å². The quantitative estimate of drug-likeness (QED) is 0.247. The predicted octanol–water partition coefficient (Wildman–Crippen LogP) is 3.23. The molecule has 2 saturated heterocycles. The minimum atomic E-state index is -2.32. The van der Waals surface area contributed by atoms with E-state index in [9.17, 15) is 28.8 Å². The lowest BCUT2D eigenvalue weighted by atomic mass is 9.65. The molecule has 0 radical (unpaired) electrons. The van der Waals surface area contributed by atoms with Gasteiger partial charge in [-0.3, -0.25) is 28.8 Å². The number of hydrogen-bond donors (Lipinski definition) is 0. The van der Waals surface area contributed by atoms with E-state index in [1.165, 1.54) is 13.8 Å². The Morgan fingerprint density at radius 2 is 1.00 bits per heavy atom. The van der Waals surface area contributed by atoms with Crippen molar-refractivity contribution in [2.45, 2.75) is 128 Å². The van der Waals surface area contributed by atoms with Crippen LogP contribution in [0.5, 0.6) is 0 Å². The zero-order valence-corrected chi connectivity index (χ0v) is 27.1. The number of hydrogen-bond acceptors (Lipinski definition) is 12. The number of esters is 2. The van der Waals surface area contributed by atoms with E-state index >= 15 is 0 Å². The van der Waals surface area contributed by atoms with E-state index in [4.69, 9.17) is 28.4 Å². The van der Waals surface area contributed by atoms with Gasteiger partial charge in [0, 0.05) is 61.8 Å². The zero-order valence-electron chi connectivity index (χ0n) is 27.1. The smallest absolute Gasteiger partial charge is 0.304 e. The number of carbonyl (C=O) groups excluding carboxylic acids is 6. The molecule has 12 nitrogen and oxygen atoms in total. The first-order valence-corrected chi connectivity index (χ1v) is 16.0. The van der Waals surface area contributed by atoms with Crippen LogP contribution in [0.25, 0.3) is 0 Å². The second-order valence-electron chi connectivity index (χ2n) is 13.6. The topological polar surface area (TPSA) is 158 Å². The van der Waals surface area contributed by atoms with Crippen molar-refractivity contribution in [1.82, 2.24) is 0 Å². The molecule has 2 fully saturated rings. The Hall–Kier alpha value is -3.32. The van der Waals surface area contributed by atoms with Crippen LogP contribution >= 0.6 is 0 Å². The van der Waals surface area contributed by atoms with Gasteiger partial charge in [-0.2, -0.15) is 0 Å². The Morgan fingerprint density at radius 1 is 0.630 bits per heavy atom. The Morgan fingerprint density at radius 3 is 1.33 bits per heavy atom. The van der Waals surface area contributed by atoms with Crippen LogP contribution in [0.2, 0.25) is 0 Å². The number of carbonyl (C=O) groups is 6. The first-order chi connectivity index (χ1) is 21.5. The van der Waals surface area contributed by atoms with Gasteiger partial charge in [-0.1, -0.05) is 0 Å². The van der Waals surface area contributed by atoms with E-state index in [1.54, 1.807) is 0 Å². The summed E-state index contributed by atoms with van der Waals surface area (Å²) in [6, 6.07) is 0. The minimum absolute atomic E-state index is 0.0393. The van der Waals surface area contributed by atoms with Crippen LogP contribution in [0.1, 0.15) is 92.9 Å². The van der Waals surface area contributed by atoms with Gasteiger partial charge in [-0.05, 0) is 64.5 Å². The molecule has 0 bridgehead atoms. The Kier molecular flexibility index (Phi) is 7.90. The molecule has 46 heavy (non-hydrogen) atoms. The lowest BCUT2D eigenvalue weighted by Crippen LogP contribution is -2.59. The van der Waals surface area contributed by atoms with Crippen LogP contribution in [-0.4, -0.2) is 83.3 Å². The lowest BCUT2D eigenvalue weighted by molar-refractivity contribution is -0.277. The molecule has 4 heterocycles. The van der Waals surface area contributed by atoms with Gasteiger partial charge in [0.1, 0.15) is 0 Å². The molecule has 6 unspecified atom stereocenters. The SMILES string of the molecule is CC(=O)OC1(C)C(=O)C2=C(CC3(CCCC(C)O3)OC2)C(=C2C(=O)C(C)(OC(C)=O)C(=O)C3=C2CC2(CCCC(C)O2)OC3)C1=O. The highest BCUT2D eigenvalue weighted by Gasteiger charge is 2.61. The zero-order chi connectivity index (χ0) is 33.4. The first kappa shape index (κ1) is 32.6. The fourth-order valence-electron chi connectivity index (χ4n) is 7.90. The van der Waals surface area contributed by atoms with E-state index < -0.39 is 57.8 Å². The Bertz CT molecular complexity index is 1450. The molecule has 6 aliphatic rings. The summed E-state index contributed by atoms with van der Waals surface area (Å²) >= 11 is 0. The van der Waals surface area contributed by atoms with Crippen LogP contribution in [0.3, 0.4) is 0 Å². The number of rotatable bonds is 2. The Labute approximate surface area is 266 Å². The maximum atomic E-state index is 14.7. The van der Waals surface area contributed by atoms with Crippen molar-refractivity contribution < 1.29 is 57.2 Å². The van der Waals surface area contributed by atoms with Gasteiger partial charge >= 0.3 is 11.9 Å². The summed E-state index contributed by atoms with van der Waals surface area (Å²) in [5.41, 5.74) is -4.38. The third kappa shape index (κ3) is 5.04. The molecule has 0 saturated carbocycles. The summed E-state index contributed by atoms with van der Waals surface area (Å²) in [7, 11) is 0.